The van der Waals surface area contributed by atoms with Crippen LogP contribution in [0.3, 0.4) is 0 Å². The molecule has 0 bridgehead atoms. The number of carbonyl (C=O) groups excluding carboxylic acids is 1. The molecule has 8 heteroatoms. The molecule has 0 unspecified atom stereocenters. The summed E-state index contributed by atoms with van der Waals surface area (Å²) in [6.45, 7) is 0.591. The summed E-state index contributed by atoms with van der Waals surface area (Å²) >= 11 is 0. The van der Waals surface area contributed by atoms with Crippen molar-refractivity contribution < 1.29 is 23.8 Å². The maximum atomic E-state index is 13.3. The molecule has 25 heavy (non-hydrogen) atoms. The van der Waals surface area contributed by atoms with Crippen LogP contribution < -0.4 is 0 Å². The van der Waals surface area contributed by atoms with Gasteiger partial charge in [-0.1, -0.05) is 6.07 Å². The van der Waals surface area contributed by atoms with E-state index < -0.39 is 24.2 Å². The zero-order chi connectivity index (χ0) is 17.8. The molecule has 132 valence electrons. The summed E-state index contributed by atoms with van der Waals surface area (Å²) in [7, 11) is 0. The van der Waals surface area contributed by atoms with Crippen LogP contribution in [0.2, 0.25) is 0 Å². The van der Waals surface area contributed by atoms with E-state index in [4.69, 9.17) is 9.84 Å². The third kappa shape index (κ3) is 4.03. The first-order chi connectivity index (χ1) is 12.0. The number of aromatic nitrogens is 2. The number of rotatable bonds is 5. The zero-order valence-electron chi connectivity index (χ0n) is 13.5. The van der Waals surface area contributed by atoms with E-state index in [9.17, 15) is 14.0 Å². The molecule has 3 rings (SSSR count). The standard InChI is InChI=1S/C17H18FN3O4/c18-12-2-1-3-14(10-12)21-7-4-15(19-21)17(24)20(11-16(22)23)13-5-8-25-9-6-13/h1-4,7,10,13H,5-6,8-9,11H2,(H,22,23). The minimum atomic E-state index is -1.08. The van der Waals surface area contributed by atoms with E-state index in [-0.39, 0.29) is 11.7 Å². The van der Waals surface area contributed by atoms with Crippen LogP contribution >= 0.6 is 0 Å². The van der Waals surface area contributed by atoms with E-state index in [0.29, 0.717) is 31.7 Å². The Kier molecular flexibility index (Phi) is 5.08. The van der Waals surface area contributed by atoms with Gasteiger partial charge in [-0.05, 0) is 37.1 Å². The first-order valence-corrected chi connectivity index (χ1v) is 7.97. The topological polar surface area (TPSA) is 84.7 Å². The average Bonchev–Trinajstić information content (AvgIpc) is 3.10. The Morgan fingerprint density at radius 2 is 2.08 bits per heavy atom. The van der Waals surface area contributed by atoms with Crippen molar-refractivity contribution in [3.63, 3.8) is 0 Å². The summed E-state index contributed by atoms with van der Waals surface area (Å²) in [5.74, 6) is -1.94. The molecular formula is C17H18FN3O4. The molecule has 0 saturated carbocycles. The molecule has 0 radical (unpaired) electrons. The van der Waals surface area contributed by atoms with Gasteiger partial charge in [0, 0.05) is 25.5 Å². The van der Waals surface area contributed by atoms with Crippen LogP contribution in [-0.2, 0) is 9.53 Å². The number of hydrogen-bond donors (Lipinski definition) is 1. The number of benzene rings is 1. The molecule has 1 aliphatic rings. The fourth-order valence-corrected chi connectivity index (χ4v) is 2.86. The Morgan fingerprint density at radius 1 is 1.32 bits per heavy atom. The number of carboxylic acid groups (broad SMARTS) is 1. The van der Waals surface area contributed by atoms with Crippen molar-refractivity contribution in [1.29, 1.82) is 0 Å². The molecule has 1 aliphatic heterocycles. The second-order valence-corrected chi connectivity index (χ2v) is 5.80. The highest BCUT2D eigenvalue weighted by molar-refractivity contribution is 5.94. The summed E-state index contributed by atoms with van der Waals surface area (Å²) in [5, 5.41) is 13.3. The first-order valence-electron chi connectivity index (χ1n) is 7.97. The third-order valence-electron chi connectivity index (χ3n) is 4.08. The number of nitrogens with zero attached hydrogens (tertiary/aromatic N) is 3. The van der Waals surface area contributed by atoms with Crippen LogP contribution in [0.5, 0.6) is 0 Å². The smallest absolute Gasteiger partial charge is 0.323 e. The predicted octanol–water partition coefficient (Wildman–Crippen LogP) is 1.72. The van der Waals surface area contributed by atoms with Crippen molar-refractivity contribution in [3.8, 4) is 5.69 Å². The summed E-state index contributed by atoms with van der Waals surface area (Å²) in [6, 6.07) is 7.14. The number of carbonyl (C=O) groups is 2. The van der Waals surface area contributed by atoms with Crippen LogP contribution in [0, 0.1) is 5.82 Å². The van der Waals surface area contributed by atoms with Gasteiger partial charge in [-0.15, -0.1) is 0 Å². The molecule has 0 atom stereocenters. The summed E-state index contributed by atoms with van der Waals surface area (Å²) < 4.78 is 20.0. The zero-order valence-corrected chi connectivity index (χ0v) is 13.5. The van der Waals surface area contributed by atoms with E-state index in [1.165, 1.54) is 27.8 Å². The van der Waals surface area contributed by atoms with Crippen molar-refractivity contribution in [1.82, 2.24) is 14.7 Å². The highest BCUT2D eigenvalue weighted by atomic mass is 19.1. The fourth-order valence-electron chi connectivity index (χ4n) is 2.86. The van der Waals surface area contributed by atoms with Crippen LogP contribution in [0.1, 0.15) is 23.3 Å². The van der Waals surface area contributed by atoms with Gasteiger partial charge in [0.25, 0.3) is 5.91 Å². The van der Waals surface area contributed by atoms with Crippen LogP contribution in [-0.4, -0.2) is 57.5 Å². The predicted molar refractivity (Wildman–Crippen MR) is 86.0 cm³/mol. The lowest BCUT2D eigenvalue weighted by atomic mass is 10.1. The monoisotopic (exact) mass is 347 g/mol. The second-order valence-electron chi connectivity index (χ2n) is 5.80. The van der Waals surface area contributed by atoms with Gasteiger partial charge in [-0.25, -0.2) is 9.07 Å². The number of ether oxygens (including phenoxy) is 1. The second kappa shape index (κ2) is 7.43. The van der Waals surface area contributed by atoms with Gasteiger partial charge in [-0.2, -0.15) is 5.10 Å². The van der Waals surface area contributed by atoms with E-state index in [1.54, 1.807) is 18.3 Å². The van der Waals surface area contributed by atoms with E-state index in [0.717, 1.165) is 0 Å². The normalized spacial score (nSPS) is 15.1. The van der Waals surface area contributed by atoms with Gasteiger partial charge in [0.2, 0.25) is 0 Å². The highest BCUT2D eigenvalue weighted by Gasteiger charge is 2.29. The van der Waals surface area contributed by atoms with Gasteiger partial charge >= 0.3 is 5.97 Å². The minimum absolute atomic E-state index is 0.122. The number of aliphatic carboxylic acids is 1. The van der Waals surface area contributed by atoms with Crippen molar-refractivity contribution in [3.05, 3.63) is 48.0 Å². The molecule has 2 heterocycles. The quantitative estimate of drug-likeness (QED) is 0.890. The number of halogens is 1. The Hall–Kier alpha value is -2.74. The Bertz CT molecular complexity index is 771. The molecule has 2 aromatic rings. The third-order valence-corrected chi connectivity index (χ3v) is 4.08. The molecule has 1 amide bonds. The van der Waals surface area contributed by atoms with Gasteiger partial charge < -0.3 is 14.7 Å². The van der Waals surface area contributed by atoms with Gasteiger partial charge in [0.15, 0.2) is 5.69 Å². The molecular weight excluding hydrogens is 329 g/mol. The summed E-state index contributed by atoms with van der Waals surface area (Å²) in [4.78, 5) is 25.2. The maximum Gasteiger partial charge on any atom is 0.323 e. The van der Waals surface area contributed by atoms with E-state index >= 15 is 0 Å². The summed E-state index contributed by atoms with van der Waals surface area (Å²) in [5.41, 5.74) is 0.604. The lowest BCUT2D eigenvalue weighted by Gasteiger charge is -2.32. The van der Waals surface area contributed by atoms with Crippen LogP contribution in [0.25, 0.3) is 5.69 Å². The Morgan fingerprint density at radius 3 is 2.76 bits per heavy atom. The number of carboxylic acids is 1. The molecule has 7 nitrogen and oxygen atoms in total. The molecule has 0 spiro atoms. The SMILES string of the molecule is O=C(O)CN(C(=O)c1ccn(-c2cccc(F)c2)n1)C1CCOCC1. The van der Waals surface area contributed by atoms with Crippen molar-refractivity contribution in [2.24, 2.45) is 0 Å². The Labute approximate surface area is 143 Å². The van der Waals surface area contributed by atoms with E-state index in [2.05, 4.69) is 5.10 Å². The fraction of sp³-hybridized carbons (Fsp3) is 0.353. The molecule has 1 aromatic carbocycles. The van der Waals surface area contributed by atoms with Gasteiger partial charge in [0.05, 0.1) is 5.69 Å². The Balaban J connectivity index is 1.83. The van der Waals surface area contributed by atoms with E-state index in [1.807, 2.05) is 0 Å². The maximum absolute atomic E-state index is 13.3. The number of amides is 1. The lowest BCUT2D eigenvalue weighted by molar-refractivity contribution is -0.138. The molecule has 0 aliphatic carbocycles. The molecule has 1 saturated heterocycles. The highest BCUT2D eigenvalue weighted by Crippen LogP contribution is 2.18. The van der Waals surface area contributed by atoms with Gasteiger partial charge in [-0.3, -0.25) is 9.59 Å². The first kappa shape index (κ1) is 17.1. The lowest BCUT2D eigenvalue weighted by Crippen LogP contribution is -2.46. The molecule has 1 N–H and O–H groups in total. The largest absolute Gasteiger partial charge is 0.480 e. The number of hydrogen-bond acceptors (Lipinski definition) is 4. The van der Waals surface area contributed by atoms with Crippen molar-refractivity contribution in [2.75, 3.05) is 19.8 Å². The minimum Gasteiger partial charge on any atom is -0.480 e. The van der Waals surface area contributed by atoms with Crippen LogP contribution in [0.15, 0.2) is 36.5 Å². The molecule has 1 aromatic heterocycles. The summed E-state index contributed by atoms with van der Waals surface area (Å²) in [6.07, 6.45) is 2.72. The van der Waals surface area contributed by atoms with Gasteiger partial charge in [0.1, 0.15) is 12.4 Å². The average molecular weight is 347 g/mol. The molecule has 1 fully saturated rings. The van der Waals surface area contributed by atoms with Crippen LogP contribution in [0.4, 0.5) is 4.39 Å². The van der Waals surface area contributed by atoms with Crippen molar-refractivity contribution >= 4 is 11.9 Å². The van der Waals surface area contributed by atoms with Crippen molar-refractivity contribution in [2.45, 2.75) is 18.9 Å².